The fraction of sp³-hybridized carbons (Fsp3) is 0.259. The largest absolute Gasteiger partial charge is 0.309 e. The summed E-state index contributed by atoms with van der Waals surface area (Å²) in [6, 6.07) is 14.8. The molecule has 0 fully saturated rings. The van der Waals surface area contributed by atoms with E-state index in [1.54, 1.807) is 6.07 Å². The molecule has 1 atom stereocenters. The number of allylic oxidation sites excluding steroid dienone is 3. The van der Waals surface area contributed by atoms with Crippen LogP contribution < -0.4 is 4.90 Å². The number of carbonyl (C=O) groups excluding carboxylic acids is 1. The molecular weight excluding hydrogens is 460 g/mol. The van der Waals surface area contributed by atoms with E-state index in [9.17, 15) is 20.2 Å². The number of anilines is 1. The molecular formula is C27H24N4O3S. The zero-order valence-electron chi connectivity index (χ0n) is 19.7. The molecule has 0 saturated heterocycles. The Morgan fingerprint density at radius 2 is 1.91 bits per heavy atom. The third-order valence-corrected chi connectivity index (χ3v) is 7.58. The van der Waals surface area contributed by atoms with E-state index in [2.05, 4.69) is 19.9 Å². The van der Waals surface area contributed by atoms with Gasteiger partial charge in [-0.3, -0.25) is 19.8 Å². The van der Waals surface area contributed by atoms with Gasteiger partial charge in [0.2, 0.25) is 0 Å². The quantitative estimate of drug-likeness (QED) is 0.315. The molecule has 0 spiro atoms. The molecule has 8 heteroatoms. The lowest BCUT2D eigenvalue weighted by atomic mass is 9.69. The number of carbonyl (C=O) groups is 1. The average Bonchev–Trinajstić information content (AvgIpc) is 3.51. The molecule has 0 saturated carbocycles. The van der Waals surface area contributed by atoms with E-state index in [4.69, 9.17) is 0 Å². The minimum atomic E-state index is -0.480. The lowest BCUT2D eigenvalue weighted by Crippen LogP contribution is -2.40. The third-order valence-electron chi connectivity index (χ3n) is 6.64. The Hall–Kier alpha value is -3.96. The van der Waals surface area contributed by atoms with Crippen LogP contribution in [0.1, 0.15) is 43.0 Å². The monoisotopic (exact) mass is 484 g/mol. The van der Waals surface area contributed by atoms with Crippen molar-refractivity contribution >= 4 is 34.3 Å². The van der Waals surface area contributed by atoms with E-state index in [0.29, 0.717) is 35.5 Å². The summed E-state index contributed by atoms with van der Waals surface area (Å²) in [5, 5.41) is 24.1. The predicted molar refractivity (Wildman–Crippen MR) is 136 cm³/mol. The minimum absolute atomic E-state index is 0.0158. The number of thiophene rings is 1. The van der Waals surface area contributed by atoms with Gasteiger partial charge in [-0.1, -0.05) is 26.0 Å². The second kappa shape index (κ2) is 8.36. The molecule has 2 aromatic heterocycles. The third kappa shape index (κ3) is 3.78. The van der Waals surface area contributed by atoms with Gasteiger partial charge in [-0.25, -0.2) is 0 Å². The van der Waals surface area contributed by atoms with Gasteiger partial charge in [-0.2, -0.15) is 5.26 Å². The summed E-state index contributed by atoms with van der Waals surface area (Å²) in [5.41, 5.74) is 2.93. The number of ketones is 1. The van der Waals surface area contributed by atoms with Crippen molar-refractivity contribution in [2.45, 2.75) is 39.5 Å². The Morgan fingerprint density at radius 3 is 2.54 bits per heavy atom. The number of nitriles is 1. The molecule has 0 unspecified atom stereocenters. The molecule has 2 aliphatic rings. The number of aryl methyl sites for hydroxylation is 1. The van der Waals surface area contributed by atoms with Crippen LogP contribution in [-0.4, -0.2) is 15.3 Å². The van der Waals surface area contributed by atoms with Crippen LogP contribution in [0.15, 0.2) is 77.1 Å². The lowest BCUT2D eigenvalue weighted by Gasteiger charge is -2.45. The number of hydrogen-bond acceptors (Lipinski definition) is 6. The molecule has 176 valence electrons. The molecule has 0 amide bonds. The molecule has 0 bridgehead atoms. The van der Waals surface area contributed by atoms with Crippen LogP contribution in [0, 0.1) is 33.8 Å². The maximum absolute atomic E-state index is 13.7. The van der Waals surface area contributed by atoms with Crippen molar-refractivity contribution in [1.29, 1.82) is 5.26 Å². The number of non-ortho nitro benzene ring substituents is 1. The van der Waals surface area contributed by atoms with E-state index >= 15 is 0 Å². The van der Waals surface area contributed by atoms with E-state index in [1.165, 1.54) is 23.5 Å². The van der Waals surface area contributed by atoms with E-state index in [-0.39, 0.29) is 16.9 Å². The molecule has 1 aliphatic heterocycles. The second-order valence-corrected chi connectivity index (χ2v) is 10.7. The molecule has 0 N–H and O–H groups in total. The van der Waals surface area contributed by atoms with E-state index < -0.39 is 10.8 Å². The van der Waals surface area contributed by atoms with Crippen molar-refractivity contribution in [3.05, 3.63) is 97.6 Å². The molecule has 0 radical (unpaired) electrons. The summed E-state index contributed by atoms with van der Waals surface area (Å²) in [4.78, 5) is 27.8. The average molecular weight is 485 g/mol. The predicted octanol–water partition coefficient (Wildman–Crippen LogP) is 6.41. The Labute approximate surface area is 207 Å². The fourth-order valence-corrected chi connectivity index (χ4v) is 5.99. The van der Waals surface area contributed by atoms with Gasteiger partial charge in [0.25, 0.3) is 5.69 Å². The van der Waals surface area contributed by atoms with Gasteiger partial charge in [0, 0.05) is 47.1 Å². The van der Waals surface area contributed by atoms with Gasteiger partial charge < -0.3 is 4.57 Å². The minimum Gasteiger partial charge on any atom is -0.309 e. The number of rotatable bonds is 4. The first kappa shape index (κ1) is 22.8. The van der Waals surface area contributed by atoms with Crippen LogP contribution in [0.25, 0.3) is 5.82 Å². The van der Waals surface area contributed by atoms with Crippen LogP contribution in [0.3, 0.4) is 0 Å². The van der Waals surface area contributed by atoms with Gasteiger partial charge in [0.05, 0.1) is 28.2 Å². The number of aromatic nitrogens is 1. The highest BCUT2D eigenvalue weighted by atomic mass is 32.1. The number of nitro groups is 1. The van der Waals surface area contributed by atoms with Gasteiger partial charge in [-0.05, 0) is 47.9 Å². The van der Waals surface area contributed by atoms with Crippen molar-refractivity contribution < 1.29 is 9.72 Å². The summed E-state index contributed by atoms with van der Waals surface area (Å²) in [6.45, 7) is 6.01. The number of Topliss-reactive ketones (excluding diaryl/α,β-unsaturated/α-hetero) is 1. The summed E-state index contributed by atoms with van der Waals surface area (Å²) in [6.07, 6.45) is 4.70. The molecule has 1 aliphatic carbocycles. The van der Waals surface area contributed by atoms with Crippen LogP contribution in [0.2, 0.25) is 0 Å². The number of nitro benzene ring substituents is 1. The highest BCUT2D eigenvalue weighted by molar-refractivity contribution is 7.10. The number of hydrogen-bond donors (Lipinski definition) is 0. The standard InChI is InChI=1S/C27H24N4O3S/c1-17-8-9-18(31(33)34)13-20(17)30-21-14-27(2,3)15-22(32)25(21)24(23-7-6-12-35-23)19(16-28)26(30)29-10-4-5-11-29/h4-13,24H,14-15H2,1-3H3/t24-/m0/s1. The topological polar surface area (TPSA) is 92.2 Å². The maximum Gasteiger partial charge on any atom is 0.271 e. The van der Waals surface area contributed by atoms with Crippen molar-refractivity contribution in [2.24, 2.45) is 5.41 Å². The molecule has 5 rings (SSSR count). The van der Waals surface area contributed by atoms with Gasteiger partial charge >= 0.3 is 0 Å². The van der Waals surface area contributed by atoms with Crippen molar-refractivity contribution in [1.82, 2.24) is 4.57 Å². The normalized spacial score (nSPS) is 19.5. The molecule has 3 heterocycles. The van der Waals surface area contributed by atoms with Crippen molar-refractivity contribution in [3.63, 3.8) is 0 Å². The van der Waals surface area contributed by atoms with E-state index in [1.807, 2.05) is 58.4 Å². The van der Waals surface area contributed by atoms with Crippen molar-refractivity contribution in [3.8, 4) is 6.07 Å². The van der Waals surface area contributed by atoms with Gasteiger partial charge in [0.15, 0.2) is 5.78 Å². The Morgan fingerprint density at radius 1 is 1.17 bits per heavy atom. The number of nitrogens with zero attached hydrogens (tertiary/aromatic N) is 4. The van der Waals surface area contributed by atoms with Crippen LogP contribution in [0.5, 0.6) is 0 Å². The Kier molecular flexibility index (Phi) is 5.45. The van der Waals surface area contributed by atoms with Crippen LogP contribution in [-0.2, 0) is 4.79 Å². The summed E-state index contributed by atoms with van der Waals surface area (Å²) < 4.78 is 1.87. The first-order valence-electron chi connectivity index (χ1n) is 11.3. The van der Waals surface area contributed by atoms with Crippen LogP contribution >= 0.6 is 11.3 Å². The summed E-state index contributed by atoms with van der Waals surface area (Å²) in [7, 11) is 0. The zero-order valence-corrected chi connectivity index (χ0v) is 20.5. The molecule has 35 heavy (non-hydrogen) atoms. The lowest BCUT2D eigenvalue weighted by molar-refractivity contribution is -0.384. The molecule has 7 nitrogen and oxygen atoms in total. The van der Waals surface area contributed by atoms with Gasteiger partial charge in [-0.15, -0.1) is 11.3 Å². The second-order valence-electron chi connectivity index (χ2n) is 9.75. The maximum atomic E-state index is 13.7. The van der Waals surface area contributed by atoms with E-state index in [0.717, 1.165) is 16.1 Å². The molecule has 1 aromatic carbocycles. The summed E-state index contributed by atoms with van der Waals surface area (Å²) in [5.74, 6) is 0.136. The Balaban J connectivity index is 1.89. The zero-order chi connectivity index (χ0) is 24.9. The first-order chi connectivity index (χ1) is 16.7. The Bertz CT molecular complexity index is 1440. The summed E-state index contributed by atoms with van der Waals surface area (Å²) >= 11 is 1.52. The highest BCUT2D eigenvalue weighted by Gasteiger charge is 2.46. The smallest absolute Gasteiger partial charge is 0.271 e. The number of benzene rings is 1. The van der Waals surface area contributed by atoms with Crippen molar-refractivity contribution in [2.75, 3.05) is 4.90 Å². The van der Waals surface area contributed by atoms with Crippen LogP contribution in [0.4, 0.5) is 11.4 Å². The van der Waals surface area contributed by atoms with Gasteiger partial charge in [0.1, 0.15) is 5.82 Å². The SMILES string of the molecule is Cc1ccc([N+](=O)[O-])cc1N1C2=C(C(=O)CC(C)(C)C2)[C@H](c2cccs2)C(C#N)=C1n1cccc1. The fourth-order valence-electron chi connectivity index (χ4n) is 5.15. The molecule has 3 aromatic rings. The highest BCUT2D eigenvalue weighted by Crippen LogP contribution is 2.53. The first-order valence-corrected chi connectivity index (χ1v) is 12.2.